The Morgan fingerprint density at radius 2 is 2.05 bits per heavy atom. The first-order valence-electron chi connectivity index (χ1n) is 4.96. The summed E-state index contributed by atoms with van der Waals surface area (Å²) in [7, 11) is 0. The number of nitrogens with one attached hydrogen (secondary N) is 1. The summed E-state index contributed by atoms with van der Waals surface area (Å²) in [5.41, 5.74) is -0.331. The first-order valence-corrected chi connectivity index (χ1v) is 6.04. The Labute approximate surface area is 120 Å². The van der Waals surface area contributed by atoms with Crippen molar-refractivity contribution >= 4 is 45.9 Å². The number of aliphatic carboxylic acids is 2. The Morgan fingerprint density at radius 3 is 2.53 bits per heavy atom. The molecule has 1 unspecified atom stereocenters. The second-order valence-corrected chi connectivity index (χ2v) is 4.80. The van der Waals surface area contributed by atoms with E-state index in [2.05, 4.69) is 5.32 Å². The van der Waals surface area contributed by atoms with Crippen LogP contribution in [0.1, 0.15) is 6.42 Å². The van der Waals surface area contributed by atoms with Gasteiger partial charge in [-0.05, 0) is 34.7 Å². The van der Waals surface area contributed by atoms with Crippen molar-refractivity contribution in [2.75, 3.05) is 5.32 Å². The molecule has 0 heterocycles. The molecule has 19 heavy (non-hydrogen) atoms. The van der Waals surface area contributed by atoms with E-state index in [1.54, 1.807) is 6.07 Å². The van der Waals surface area contributed by atoms with Crippen LogP contribution in [0.4, 0.5) is 11.4 Å². The van der Waals surface area contributed by atoms with Crippen LogP contribution in [-0.2, 0) is 9.59 Å². The molecule has 0 radical (unpaired) electrons. The van der Waals surface area contributed by atoms with Crippen LogP contribution in [0.5, 0.6) is 0 Å². The molecule has 8 nitrogen and oxygen atoms in total. The molecular formula is C10H9IN2O6. The monoisotopic (exact) mass is 380 g/mol. The third kappa shape index (κ3) is 4.35. The van der Waals surface area contributed by atoms with Gasteiger partial charge in [-0.3, -0.25) is 14.9 Å². The van der Waals surface area contributed by atoms with Gasteiger partial charge in [0.15, 0.2) is 0 Å². The third-order valence-corrected chi connectivity index (χ3v) is 2.83. The lowest BCUT2D eigenvalue weighted by atomic mass is 10.2. The molecule has 3 N–H and O–H groups in total. The lowest BCUT2D eigenvalue weighted by Gasteiger charge is -2.13. The lowest BCUT2D eigenvalue weighted by molar-refractivity contribution is -0.384. The standard InChI is InChI=1S/C10H9IN2O6/c11-5-1-2-6(8(3-5)13(18)19)12-7(10(16)17)4-9(14)15/h1-3,7,12H,4H2,(H,14,15)(H,16,17). The predicted octanol–water partition coefficient (Wildman–Crippen LogP) is 1.54. The number of rotatable bonds is 6. The molecule has 0 saturated carbocycles. The molecule has 0 aliphatic carbocycles. The van der Waals surface area contributed by atoms with Gasteiger partial charge in [0.05, 0.1) is 11.3 Å². The second-order valence-electron chi connectivity index (χ2n) is 3.55. The quantitative estimate of drug-likeness (QED) is 0.388. The molecule has 1 rings (SSSR count). The van der Waals surface area contributed by atoms with E-state index < -0.39 is 29.3 Å². The van der Waals surface area contributed by atoms with Crippen molar-refractivity contribution in [3.8, 4) is 0 Å². The molecule has 0 aliphatic heterocycles. The van der Waals surface area contributed by atoms with E-state index in [0.29, 0.717) is 3.57 Å². The van der Waals surface area contributed by atoms with Crippen molar-refractivity contribution < 1.29 is 24.7 Å². The molecular weight excluding hydrogens is 371 g/mol. The van der Waals surface area contributed by atoms with Crippen LogP contribution in [0, 0.1) is 13.7 Å². The van der Waals surface area contributed by atoms with E-state index in [0.717, 1.165) is 0 Å². The predicted molar refractivity (Wildman–Crippen MR) is 73.1 cm³/mol. The number of nitro groups is 1. The van der Waals surface area contributed by atoms with E-state index in [4.69, 9.17) is 10.2 Å². The summed E-state index contributed by atoms with van der Waals surface area (Å²) in [6.07, 6.45) is -0.682. The summed E-state index contributed by atoms with van der Waals surface area (Å²) >= 11 is 1.88. The Kier molecular flexibility index (Phi) is 5.03. The van der Waals surface area contributed by atoms with Crippen LogP contribution in [0.2, 0.25) is 0 Å². The Hall–Kier alpha value is -1.91. The minimum absolute atomic E-state index is 0.0286. The van der Waals surface area contributed by atoms with Gasteiger partial charge >= 0.3 is 11.9 Å². The number of hydrogen-bond acceptors (Lipinski definition) is 5. The van der Waals surface area contributed by atoms with Crippen molar-refractivity contribution in [2.24, 2.45) is 0 Å². The number of nitrogens with zero attached hydrogens (tertiary/aromatic N) is 1. The Balaban J connectivity index is 3.05. The fourth-order valence-electron chi connectivity index (χ4n) is 1.34. The molecule has 102 valence electrons. The molecule has 0 fully saturated rings. The van der Waals surface area contributed by atoms with Gasteiger partial charge in [-0.1, -0.05) is 0 Å². The highest BCUT2D eigenvalue weighted by atomic mass is 127. The largest absolute Gasteiger partial charge is 0.481 e. The topological polar surface area (TPSA) is 130 Å². The van der Waals surface area contributed by atoms with Gasteiger partial charge in [0.1, 0.15) is 11.7 Å². The number of carbonyl (C=O) groups is 2. The van der Waals surface area contributed by atoms with Crippen LogP contribution < -0.4 is 5.32 Å². The average molecular weight is 380 g/mol. The summed E-state index contributed by atoms with van der Waals surface area (Å²) in [5.74, 6) is -2.71. The summed E-state index contributed by atoms with van der Waals surface area (Å²) < 4.78 is 0.611. The highest BCUT2D eigenvalue weighted by Gasteiger charge is 2.24. The van der Waals surface area contributed by atoms with Gasteiger partial charge < -0.3 is 15.5 Å². The molecule has 1 atom stereocenters. The van der Waals surface area contributed by atoms with Gasteiger partial charge in [-0.2, -0.15) is 0 Å². The molecule has 9 heteroatoms. The highest BCUT2D eigenvalue weighted by Crippen LogP contribution is 2.27. The number of carboxylic acid groups (broad SMARTS) is 2. The average Bonchev–Trinajstić information content (AvgIpc) is 2.29. The van der Waals surface area contributed by atoms with Crippen molar-refractivity contribution in [3.63, 3.8) is 0 Å². The first-order chi connectivity index (χ1) is 8.81. The third-order valence-electron chi connectivity index (χ3n) is 2.16. The lowest BCUT2D eigenvalue weighted by Crippen LogP contribution is -2.32. The SMILES string of the molecule is O=C(O)CC(Nc1ccc(I)cc1[N+](=O)[O-])C(=O)O. The number of anilines is 1. The second kappa shape index (κ2) is 6.31. The molecule has 0 aromatic heterocycles. The molecule has 0 bridgehead atoms. The zero-order valence-electron chi connectivity index (χ0n) is 9.37. The van der Waals surface area contributed by atoms with Gasteiger partial charge in [0, 0.05) is 9.64 Å². The number of nitro benzene ring substituents is 1. The minimum Gasteiger partial charge on any atom is -0.481 e. The van der Waals surface area contributed by atoms with Gasteiger partial charge in [-0.25, -0.2) is 4.79 Å². The smallest absolute Gasteiger partial charge is 0.326 e. The van der Waals surface area contributed by atoms with Gasteiger partial charge in [-0.15, -0.1) is 0 Å². The van der Waals surface area contributed by atoms with E-state index in [1.807, 2.05) is 22.6 Å². The Bertz CT molecular complexity index is 533. The van der Waals surface area contributed by atoms with Crippen LogP contribution in [-0.4, -0.2) is 33.1 Å². The maximum absolute atomic E-state index is 10.9. The van der Waals surface area contributed by atoms with Gasteiger partial charge in [0.2, 0.25) is 0 Å². The molecule has 0 saturated heterocycles. The minimum atomic E-state index is -1.43. The molecule has 1 aromatic carbocycles. The zero-order chi connectivity index (χ0) is 14.6. The van der Waals surface area contributed by atoms with Crippen molar-refractivity contribution in [2.45, 2.75) is 12.5 Å². The van der Waals surface area contributed by atoms with Crippen LogP contribution >= 0.6 is 22.6 Å². The maximum atomic E-state index is 10.9. The number of carboxylic acids is 2. The fraction of sp³-hybridized carbons (Fsp3) is 0.200. The number of halogens is 1. The summed E-state index contributed by atoms with van der Waals surface area (Å²) in [5, 5.41) is 30.7. The Morgan fingerprint density at radius 1 is 1.42 bits per heavy atom. The number of benzene rings is 1. The molecule has 0 spiro atoms. The molecule has 0 amide bonds. The van der Waals surface area contributed by atoms with Crippen molar-refractivity contribution in [1.29, 1.82) is 0 Å². The summed E-state index contributed by atoms with van der Waals surface area (Å²) in [6.45, 7) is 0. The van der Waals surface area contributed by atoms with E-state index in [-0.39, 0.29) is 11.4 Å². The first kappa shape index (κ1) is 15.1. The highest BCUT2D eigenvalue weighted by molar-refractivity contribution is 14.1. The maximum Gasteiger partial charge on any atom is 0.326 e. The van der Waals surface area contributed by atoms with Crippen molar-refractivity contribution in [3.05, 3.63) is 31.9 Å². The summed E-state index contributed by atoms with van der Waals surface area (Å²) in [6, 6.07) is 2.73. The zero-order valence-corrected chi connectivity index (χ0v) is 11.5. The van der Waals surface area contributed by atoms with E-state index in [1.165, 1.54) is 12.1 Å². The molecule has 0 aliphatic rings. The van der Waals surface area contributed by atoms with Crippen LogP contribution in [0.25, 0.3) is 0 Å². The van der Waals surface area contributed by atoms with Crippen LogP contribution in [0.3, 0.4) is 0 Å². The van der Waals surface area contributed by atoms with Crippen LogP contribution in [0.15, 0.2) is 18.2 Å². The van der Waals surface area contributed by atoms with E-state index >= 15 is 0 Å². The summed E-state index contributed by atoms with van der Waals surface area (Å²) in [4.78, 5) is 31.6. The fourth-order valence-corrected chi connectivity index (χ4v) is 1.82. The van der Waals surface area contributed by atoms with E-state index in [9.17, 15) is 19.7 Å². The number of hydrogen-bond donors (Lipinski definition) is 3. The van der Waals surface area contributed by atoms with Gasteiger partial charge in [0.25, 0.3) is 5.69 Å². The molecule has 1 aromatic rings. The van der Waals surface area contributed by atoms with Crippen molar-refractivity contribution in [1.82, 2.24) is 0 Å². The normalized spacial score (nSPS) is 11.6.